The lowest BCUT2D eigenvalue weighted by Crippen LogP contribution is -2.36. The first kappa shape index (κ1) is 14.3. The Balaban J connectivity index is 1.83. The van der Waals surface area contributed by atoms with Crippen LogP contribution < -0.4 is 0 Å². The van der Waals surface area contributed by atoms with Crippen LogP contribution >= 0.6 is 0 Å². The van der Waals surface area contributed by atoms with E-state index in [-0.39, 0.29) is 5.91 Å². The molecular formula is C16H17N3O3. The number of aromatic amines is 1. The normalized spacial score (nSPS) is 13.6. The van der Waals surface area contributed by atoms with Crippen molar-refractivity contribution in [2.24, 2.45) is 0 Å². The first-order chi connectivity index (χ1) is 10.6. The van der Waals surface area contributed by atoms with Crippen molar-refractivity contribution >= 4 is 11.9 Å². The molecule has 0 aliphatic carbocycles. The van der Waals surface area contributed by atoms with E-state index in [0.717, 1.165) is 16.8 Å². The van der Waals surface area contributed by atoms with Gasteiger partial charge in [0, 0.05) is 17.7 Å². The average Bonchev–Trinajstić information content (AvgIpc) is 2.97. The molecule has 1 aliphatic heterocycles. The molecule has 6 nitrogen and oxygen atoms in total. The summed E-state index contributed by atoms with van der Waals surface area (Å²) in [6.45, 7) is 2.91. The van der Waals surface area contributed by atoms with Crippen molar-refractivity contribution < 1.29 is 14.3 Å². The van der Waals surface area contributed by atoms with E-state index in [2.05, 4.69) is 10.2 Å². The zero-order valence-electron chi connectivity index (χ0n) is 12.5. The van der Waals surface area contributed by atoms with Gasteiger partial charge in [0.1, 0.15) is 0 Å². The van der Waals surface area contributed by atoms with Crippen LogP contribution in [0.5, 0.6) is 0 Å². The van der Waals surface area contributed by atoms with E-state index in [0.29, 0.717) is 30.8 Å². The molecule has 2 aromatic rings. The Labute approximate surface area is 128 Å². The van der Waals surface area contributed by atoms with E-state index in [1.807, 2.05) is 31.2 Å². The summed E-state index contributed by atoms with van der Waals surface area (Å²) in [5.74, 6) is -0.450. The zero-order valence-corrected chi connectivity index (χ0v) is 12.5. The Kier molecular flexibility index (Phi) is 3.66. The summed E-state index contributed by atoms with van der Waals surface area (Å²) in [6.07, 6.45) is 0.591. The van der Waals surface area contributed by atoms with Gasteiger partial charge in [-0.15, -0.1) is 0 Å². The molecule has 0 saturated heterocycles. The van der Waals surface area contributed by atoms with Crippen molar-refractivity contribution in [2.75, 3.05) is 13.7 Å². The number of hydrogen-bond donors (Lipinski definition) is 1. The zero-order chi connectivity index (χ0) is 15.7. The van der Waals surface area contributed by atoms with Crippen LogP contribution in [0.1, 0.15) is 37.7 Å². The van der Waals surface area contributed by atoms with Crippen LogP contribution in [0.25, 0.3) is 0 Å². The van der Waals surface area contributed by atoms with Gasteiger partial charge < -0.3 is 9.64 Å². The number of nitrogens with one attached hydrogen (secondary N) is 1. The summed E-state index contributed by atoms with van der Waals surface area (Å²) in [6, 6.07) is 7.54. The number of aryl methyl sites for hydroxylation is 1. The van der Waals surface area contributed by atoms with Gasteiger partial charge in [0.25, 0.3) is 5.91 Å². The minimum absolute atomic E-state index is 0.00188. The Hall–Kier alpha value is -2.63. The number of ether oxygens (including phenoxy) is 1. The number of carbonyl (C=O) groups excluding carboxylic acids is 2. The number of nitrogens with zero attached hydrogens (tertiary/aromatic N) is 2. The van der Waals surface area contributed by atoms with E-state index < -0.39 is 5.97 Å². The lowest BCUT2D eigenvalue weighted by Gasteiger charge is -2.27. The summed E-state index contributed by atoms with van der Waals surface area (Å²) >= 11 is 0. The number of aromatic nitrogens is 2. The largest absolute Gasteiger partial charge is 0.464 e. The van der Waals surface area contributed by atoms with Gasteiger partial charge in [0.05, 0.1) is 19.3 Å². The predicted molar refractivity (Wildman–Crippen MR) is 79.6 cm³/mol. The fourth-order valence-electron chi connectivity index (χ4n) is 2.74. The summed E-state index contributed by atoms with van der Waals surface area (Å²) in [7, 11) is 1.33. The molecule has 3 rings (SSSR count). The van der Waals surface area contributed by atoms with E-state index in [1.54, 1.807) is 4.90 Å². The maximum Gasteiger partial charge on any atom is 0.358 e. The molecule has 1 aromatic carbocycles. The molecule has 1 aromatic heterocycles. The minimum atomic E-state index is -0.448. The van der Waals surface area contributed by atoms with Crippen LogP contribution in [-0.4, -0.2) is 40.6 Å². The molecule has 1 aliphatic rings. The smallest absolute Gasteiger partial charge is 0.358 e. The fraction of sp³-hybridized carbons (Fsp3) is 0.312. The monoisotopic (exact) mass is 299 g/mol. The number of methoxy groups -OCH3 is 1. The van der Waals surface area contributed by atoms with Gasteiger partial charge in [0.2, 0.25) is 0 Å². The van der Waals surface area contributed by atoms with Gasteiger partial charge in [-0.05, 0) is 25.0 Å². The van der Waals surface area contributed by atoms with E-state index in [4.69, 9.17) is 4.74 Å². The molecule has 114 valence electrons. The molecule has 1 amide bonds. The topological polar surface area (TPSA) is 75.3 Å². The SMILES string of the molecule is COC(=O)c1n[nH]c2c1CCN(C(=O)c1ccccc1C)C2. The Morgan fingerprint density at radius 2 is 2.09 bits per heavy atom. The number of hydrogen-bond acceptors (Lipinski definition) is 4. The highest BCUT2D eigenvalue weighted by Gasteiger charge is 2.28. The third-order valence-corrected chi connectivity index (χ3v) is 3.97. The Morgan fingerprint density at radius 1 is 1.32 bits per heavy atom. The quantitative estimate of drug-likeness (QED) is 0.856. The second kappa shape index (κ2) is 5.63. The van der Waals surface area contributed by atoms with E-state index >= 15 is 0 Å². The van der Waals surface area contributed by atoms with Crippen LogP contribution in [0.15, 0.2) is 24.3 Å². The number of amides is 1. The molecule has 6 heteroatoms. The molecule has 0 unspecified atom stereocenters. The summed E-state index contributed by atoms with van der Waals surface area (Å²) < 4.78 is 4.72. The van der Waals surface area contributed by atoms with Crippen LogP contribution in [0.2, 0.25) is 0 Å². The molecule has 0 spiro atoms. The van der Waals surface area contributed by atoms with Gasteiger partial charge in [-0.1, -0.05) is 18.2 Å². The van der Waals surface area contributed by atoms with E-state index in [9.17, 15) is 9.59 Å². The third kappa shape index (κ3) is 2.36. The van der Waals surface area contributed by atoms with Gasteiger partial charge >= 0.3 is 5.97 Å². The van der Waals surface area contributed by atoms with Crippen molar-refractivity contribution in [3.8, 4) is 0 Å². The van der Waals surface area contributed by atoms with Crippen LogP contribution in [-0.2, 0) is 17.7 Å². The molecule has 0 bridgehead atoms. The summed E-state index contributed by atoms with van der Waals surface area (Å²) in [4.78, 5) is 26.0. The van der Waals surface area contributed by atoms with Crippen molar-refractivity contribution in [1.29, 1.82) is 0 Å². The highest BCUT2D eigenvalue weighted by atomic mass is 16.5. The minimum Gasteiger partial charge on any atom is -0.464 e. The van der Waals surface area contributed by atoms with E-state index in [1.165, 1.54) is 7.11 Å². The number of esters is 1. The molecule has 0 saturated carbocycles. The second-order valence-corrected chi connectivity index (χ2v) is 5.31. The van der Waals surface area contributed by atoms with Crippen molar-refractivity contribution in [2.45, 2.75) is 19.9 Å². The standard InChI is InChI=1S/C16H17N3O3/c1-10-5-3-4-6-11(10)15(20)19-8-7-12-13(9-19)17-18-14(12)16(21)22-2/h3-6H,7-9H2,1-2H3,(H,17,18). The maximum absolute atomic E-state index is 12.6. The molecular weight excluding hydrogens is 282 g/mol. The van der Waals surface area contributed by atoms with Crippen LogP contribution in [0.4, 0.5) is 0 Å². The van der Waals surface area contributed by atoms with Gasteiger partial charge in [0.15, 0.2) is 5.69 Å². The summed E-state index contributed by atoms with van der Waals surface area (Å²) in [5.41, 5.74) is 3.63. The maximum atomic E-state index is 12.6. The third-order valence-electron chi connectivity index (χ3n) is 3.97. The van der Waals surface area contributed by atoms with Gasteiger partial charge in [-0.25, -0.2) is 4.79 Å². The van der Waals surface area contributed by atoms with Crippen molar-refractivity contribution in [1.82, 2.24) is 15.1 Å². The first-order valence-corrected chi connectivity index (χ1v) is 7.11. The summed E-state index contributed by atoms with van der Waals surface area (Å²) in [5, 5.41) is 6.86. The first-order valence-electron chi connectivity index (χ1n) is 7.11. The highest BCUT2D eigenvalue weighted by molar-refractivity contribution is 5.96. The fourth-order valence-corrected chi connectivity index (χ4v) is 2.74. The molecule has 22 heavy (non-hydrogen) atoms. The Bertz CT molecular complexity index is 736. The number of carbonyl (C=O) groups is 2. The lowest BCUT2D eigenvalue weighted by atomic mass is 10.0. The number of fused-ring (bicyclic) bond motifs is 1. The number of H-pyrrole nitrogens is 1. The van der Waals surface area contributed by atoms with Gasteiger partial charge in [-0.2, -0.15) is 5.10 Å². The predicted octanol–water partition coefficient (Wildman–Crippen LogP) is 1.70. The van der Waals surface area contributed by atoms with Gasteiger partial charge in [-0.3, -0.25) is 9.89 Å². The van der Waals surface area contributed by atoms with Crippen molar-refractivity contribution in [3.63, 3.8) is 0 Å². The van der Waals surface area contributed by atoms with Crippen molar-refractivity contribution in [3.05, 3.63) is 52.3 Å². The number of rotatable bonds is 2. The number of benzene rings is 1. The Morgan fingerprint density at radius 3 is 2.82 bits per heavy atom. The second-order valence-electron chi connectivity index (χ2n) is 5.31. The molecule has 2 heterocycles. The van der Waals surface area contributed by atoms with Crippen LogP contribution in [0, 0.1) is 6.92 Å². The molecule has 1 N–H and O–H groups in total. The highest BCUT2D eigenvalue weighted by Crippen LogP contribution is 2.22. The molecule has 0 atom stereocenters. The lowest BCUT2D eigenvalue weighted by molar-refractivity contribution is 0.0592. The van der Waals surface area contributed by atoms with Crippen LogP contribution in [0.3, 0.4) is 0 Å². The molecule has 0 radical (unpaired) electrons. The molecule has 0 fully saturated rings. The average molecular weight is 299 g/mol.